The van der Waals surface area contributed by atoms with Gasteiger partial charge in [-0.05, 0) is 60.8 Å². The fourth-order valence-corrected chi connectivity index (χ4v) is 6.22. The second-order valence-corrected chi connectivity index (χ2v) is 10.4. The van der Waals surface area contributed by atoms with E-state index < -0.39 is 17.1 Å². The van der Waals surface area contributed by atoms with Crippen LogP contribution in [0.25, 0.3) is 5.69 Å². The molecule has 3 N–H and O–H groups in total. The van der Waals surface area contributed by atoms with Crippen LogP contribution in [0.4, 0.5) is 5.82 Å². The number of halogens is 2. The molecule has 0 bridgehead atoms. The summed E-state index contributed by atoms with van der Waals surface area (Å²) < 4.78 is 1.13. The summed E-state index contributed by atoms with van der Waals surface area (Å²) in [5.74, 6) is -2.64. The Morgan fingerprint density at radius 1 is 1.06 bits per heavy atom. The zero-order valence-corrected chi connectivity index (χ0v) is 21.0. The Bertz CT molecular complexity index is 1360. The van der Waals surface area contributed by atoms with Crippen molar-refractivity contribution in [1.82, 2.24) is 9.55 Å². The van der Waals surface area contributed by atoms with Gasteiger partial charge in [0.15, 0.2) is 0 Å². The van der Waals surface area contributed by atoms with E-state index in [-0.39, 0.29) is 32.8 Å². The molecular formula is C26H27Cl2N3O4. The molecule has 0 amide bonds. The zero-order valence-electron chi connectivity index (χ0n) is 19.5. The van der Waals surface area contributed by atoms with Crippen LogP contribution in [0.2, 0.25) is 10.0 Å². The molecule has 2 heterocycles. The quantitative estimate of drug-likeness (QED) is 0.457. The van der Waals surface area contributed by atoms with Crippen LogP contribution in [0, 0.1) is 12.3 Å². The predicted molar refractivity (Wildman–Crippen MR) is 135 cm³/mol. The number of fused-ring (bicyclic) bond motifs is 1. The van der Waals surface area contributed by atoms with Crippen molar-refractivity contribution in [3.05, 3.63) is 85.4 Å². The van der Waals surface area contributed by atoms with Crippen LogP contribution >= 0.6 is 23.2 Å². The minimum absolute atomic E-state index is 0.0624. The average Bonchev–Trinajstić information content (AvgIpc) is 3.07. The van der Waals surface area contributed by atoms with Crippen LogP contribution < -0.4 is 10.5 Å². The van der Waals surface area contributed by atoms with Crippen molar-refractivity contribution in [2.75, 3.05) is 18.0 Å². The third-order valence-corrected chi connectivity index (χ3v) is 8.59. The number of piperidine rings is 1. The standard InChI is InChI=1S/C26H27Cl2N3O4/c1-15-18-7-4-3-6-17(18)14-25(15)10-12-30(13-11-25)23-21(26(33,34)35)24(32)31(16(2)29-23)20-9-5-8-19(27)22(20)28/h3-9,15,33-35H,10-14H2,1-2H3/t15-/m1/s1. The molecule has 0 saturated carbocycles. The molecule has 9 heteroatoms. The number of hydrogen-bond donors (Lipinski definition) is 3. The van der Waals surface area contributed by atoms with Crippen molar-refractivity contribution in [1.29, 1.82) is 0 Å². The van der Waals surface area contributed by atoms with Crippen LogP contribution in [-0.4, -0.2) is 38.0 Å². The molecule has 1 aliphatic carbocycles. The molecule has 1 aliphatic heterocycles. The van der Waals surface area contributed by atoms with Crippen molar-refractivity contribution >= 4 is 29.0 Å². The zero-order chi connectivity index (χ0) is 25.1. The van der Waals surface area contributed by atoms with Gasteiger partial charge in [-0.3, -0.25) is 9.36 Å². The van der Waals surface area contributed by atoms with Crippen molar-refractivity contribution in [2.45, 2.75) is 45.0 Å². The third-order valence-electron chi connectivity index (χ3n) is 7.78. The minimum Gasteiger partial charge on any atom is -0.356 e. The van der Waals surface area contributed by atoms with Gasteiger partial charge in [-0.25, -0.2) is 4.98 Å². The number of rotatable bonds is 3. The first-order valence-electron chi connectivity index (χ1n) is 11.6. The second kappa shape index (κ2) is 8.61. The van der Waals surface area contributed by atoms with Gasteiger partial charge in [0.05, 0.1) is 15.7 Å². The smallest absolute Gasteiger partial charge is 0.313 e. The van der Waals surface area contributed by atoms with E-state index >= 15 is 0 Å². The molecule has 35 heavy (non-hydrogen) atoms. The lowest BCUT2D eigenvalue weighted by molar-refractivity contribution is -0.324. The summed E-state index contributed by atoms with van der Waals surface area (Å²) in [5, 5.41) is 31.0. The van der Waals surface area contributed by atoms with Crippen molar-refractivity contribution in [2.24, 2.45) is 5.41 Å². The molecule has 1 aromatic heterocycles. The summed E-state index contributed by atoms with van der Waals surface area (Å²) in [6.45, 7) is 5.02. The fourth-order valence-electron chi connectivity index (χ4n) is 5.84. The van der Waals surface area contributed by atoms with Gasteiger partial charge in [-0.1, -0.05) is 60.5 Å². The summed E-state index contributed by atoms with van der Waals surface area (Å²) in [6.07, 6.45) is 2.69. The van der Waals surface area contributed by atoms with Crippen LogP contribution in [0.15, 0.2) is 47.3 Å². The first-order chi connectivity index (χ1) is 16.5. The maximum atomic E-state index is 13.5. The molecule has 2 aliphatic rings. The molecule has 2 aromatic carbocycles. The second-order valence-electron chi connectivity index (χ2n) is 9.65. The Labute approximate surface area is 213 Å². The molecule has 0 unspecified atom stereocenters. The number of aromatic nitrogens is 2. The highest BCUT2D eigenvalue weighted by Gasteiger charge is 2.46. The molecule has 1 saturated heterocycles. The van der Waals surface area contributed by atoms with E-state index in [1.807, 2.05) is 4.90 Å². The van der Waals surface area contributed by atoms with Gasteiger partial charge in [-0.2, -0.15) is 0 Å². The van der Waals surface area contributed by atoms with E-state index in [1.165, 1.54) is 11.1 Å². The number of anilines is 1. The van der Waals surface area contributed by atoms with E-state index in [0.717, 1.165) is 23.8 Å². The lowest BCUT2D eigenvalue weighted by Crippen LogP contribution is -2.46. The van der Waals surface area contributed by atoms with Gasteiger partial charge in [-0.15, -0.1) is 0 Å². The Balaban J connectivity index is 1.53. The van der Waals surface area contributed by atoms with Crippen LogP contribution in [0.5, 0.6) is 0 Å². The van der Waals surface area contributed by atoms with E-state index in [0.29, 0.717) is 19.0 Å². The Hall–Kier alpha value is -2.42. The van der Waals surface area contributed by atoms with Crippen LogP contribution in [0.3, 0.4) is 0 Å². The van der Waals surface area contributed by atoms with Gasteiger partial charge in [0.25, 0.3) is 5.56 Å². The van der Waals surface area contributed by atoms with E-state index in [1.54, 1.807) is 25.1 Å². The SMILES string of the molecule is Cc1nc(N2CCC3(CC2)Cc2ccccc2[C@H]3C)c(C(O)(O)O)c(=O)n1-c1cccc(Cl)c1Cl. The fraction of sp³-hybridized carbons (Fsp3) is 0.385. The number of aliphatic hydroxyl groups is 3. The average molecular weight is 516 g/mol. The summed E-state index contributed by atoms with van der Waals surface area (Å²) in [5.41, 5.74) is 1.67. The molecule has 184 valence electrons. The number of nitrogens with zero attached hydrogens (tertiary/aromatic N) is 3. The predicted octanol–water partition coefficient (Wildman–Crippen LogP) is 3.88. The first-order valence-corrected chi connectivity index (χ1v) is 12.4. The monoisotopic (exact) mass is 515 g/mol. The van der Waals surface area contributed by atoms with E-state index in [9.17, 15) is 20.1 Å². The Morgan fingerprint density at radius 2 is 1.74 bits per heavy atom. The Kier molecular flexibility index (Phi) is 5.97. The Morgan fingerprint density at radius 3 is 2.40 bits per heavy atom. The lowest BCUT2D eigenvalue weighted by atomic mass is 9.70. The molecule has 1 spiro atoms. The molecule has 1 atom stereocenters. The van der Waals surface area contributed by atoms with Gasteiger partial charge >= 0.3 is 5.97 Å². The summed E-state index contributed by atoms with van der Waals surface area (Å²) >= 11 is 12.5. The largest absolute Gasteiger partial charge is 0.356 e. The summed E-state index contributed by atoms with van der Waals surface area (Å²) in [4.78, 5) is 19.9. The topological polar surface area (TPSA) is 98.8 Å². The highest BCUT2D eigenvalue weighted by molar-refractivity contribution is 6.43. The van der Waals surface area contributed by atoms with Crippen molar-refractivity contribution in [3.63, 3.8) is 0 Å². The maximum Gasteiger partial charge on any atom is 0.313 e. The minimum atomic E-state index is -3.38. The van der Waals surface area contributed by atoms with Gasteiger partial charge in [0.1, 0.15) is 17.2 Å². The molecular weight excluding hydrogens is 489 g/mol. The van der Waals surface area contributed by atoms with E-state index in [4.69, 9.17) is 23.2 Å². The number of benzene rings is 2. The summed E-state index contributed by atoms with van der Waals surface area (Å²) in [7, 11) is 0. The van der Waals surface area contributed by atoms with Crippen molar-refractivity contribution in [3.8, 4) is 5.69 Å². The summed E-state index contributed by atoms with van der Waals surface area (Å²) in [6, 6.07) is 13.3. The number of aryl methyl sites for hydroxylation is 1. The molecule has 3 aromatic rings. The number of hydrogen-bond acceptors (Lipinski definition) is 6. The molecule has 0 radical (unpaired) electrons. The highest BCUT2D eigenvalue weighted by atomic mass is 35.5. The van der Waals surface area contributed by atoms with Crippen LogP contribution in [0.1, 0.15) is 48.2 Å². The van der Waals surface area contributed by atoms with E-state index in [2.05, 4.69) is 36.2 Å². The van der Waals surface area contributed by atoms with Gasteiger partial charge in [0.2, 0.25) is 0 Å². The third kappa shape index (κ3) is 3.96. The molecule has 7 nitrogen and oxygen atoms in total. The first kappa shape index (κ1) is 24.3. The van der Waals surface area contributed by atoms with Gasteiger partial charge in [0, 0.05) is 13.1 Å². The van der Waals surface area contributed by atoms with Crippen LogP contribution in [-0.2, 0) is 12.4 Å². The van der Waals surface area contributed by atoms with Gasteiger partial charge < -0.3 is 20.2 Å². The normalized spacial score (nSPS) is 19.3. The maximum absolute atomic E-state index is 13.5. The molecule has 1 fully saturated rings. The highest BCUT2D eigenvalue weighted by Crippen LogP contribution is 2.53. The lowest BCUT2D eigenvalue weighted by Gasteiger charge is -2.43. The van der Waals surface area contributed by atoms with Crippen molar-refractivity contribution < 1.29 is 15.3 Å². The molecule has 5 rings (SSSR count).